The largest absolute Gasteiger partial charge is 0.207 e. The lowest BCUT2D eigenvalue weighted by Crippen LogP contribution is -1.90. The van der Waals surface area contributed by atoms with E-state index in [-0.39, 0.29) is 11.6 Å². The molecule has 0 saturated carbocycles. The molecule has 0 N–H and O–H groups in total. The van der Waals surface area contributed by atoms with Crippen molar-refractivity contribution < 1.29 is 8.78 Å². The van der Waals surface area contributed by atoms with Crippen LogP contribution >= 0.6 is 0 Å². The van der Waals surface area contributed by atoms with E-state index in [1.54, 1.807) is 24.3 Å². The Morgan fingerprint density at radius 3 is 0.828 bits per heavy atom. The van der Waals surface area contributed by atoms with Crippen molar-refractivity contribution >= 4 is 140 Å². The Bertz CT molecular complexity index is 4410. The molecule has 0 aliphatic heterocycles. The first kappa shape index (κ1) is 33.4. The SMILES string of the molecule is Fc1ccc(-c2c3cc4c(cc3c(-c3ccc(F)cc3)c3c5ccc6c7cccc8cccc(c9ccc(c23)c5c96)c87)c2ccc3c5cccc6cccc(c7ccc4c2c73)c65)cc1. The van der Waals surface area contributed by atoms with E-state index < -0.39 is 0 Å². The minimum absolute atomic E-state index is 0.268. The second kappa shape index (κ2) is 11.4. The maximum atomic E-state index is 14.9. The van der Waals surface area contributed by atoms with Crippen molar-refractivity contribution in [3.8, 4) is 22.3 Å². The molecular formula is C62H30F2. The number of fused-ring (bicyclic) bond motifs is 11. The summed E-state index contributed by atoms with van der Waals surface area (Å²) in [5.74, 6) is -0.536. The normalized spacial score (nSPS) is 12.8. The zero-order valence-corrected chi connectivity index (χ0v) is 34.1. The van der Waals surface area contributed by atoms with Gasteiger partial charge in [0.1, 0.15) is 11.6 Å². The maximum absolute atomic E-state index is 14.9. The van der Waals surface area contributed by atoms with Gasteiger partial charge >= 0.3 is 0 Å². The smallest absolute Gasteiger partial charge is 0.123 e. The third-order valence-electron chi connectivity index (χ3n) is 15.1. The molecule has 0 heterocycles. The molecule has 16 aromatic carbocycles. The fraction of sp³-hybridized carbons (Fsp3) is 0. The Morgan fingerprint density at radius 2 is 0.484 bits per heavy atom. The summed E-state index contributed by atoms with van der Waals surface area (Å²) in [6.45, 7) is 0. The first-order valence-electron chi connectivity index (χ1n) is 22.0. The van der Waals surface area contributed by atoms with E-state index in [1.807, 2.05) is 24.3 Å². The molecule has 0 unspecified atom stereocenters. The molecule has 16 aromatic rings. The van der Waals surface area contributed by atoms with Crippen LogP contribution in [0.25, 0.3) is 162 Å². The number of hydrogen-bond donors (Lipinski definition) is 0. The summed E-state index contributed by atoms with van der Waals surface area (Å²) in [7, 11) is 0. The van der Waals surface area contributed by atoms with Gasteiger partial charge in [-0.3, -0.25) is 0 Å². The van der Waals surface area contributed by atoms with Crippen LogP contribution < -0.4 is 0 Å². The van der Waals surface area contributed by atoms with Crippen LogP contribution in [0, 0.1) is 11.6 Å². The second-order valence-corrected chi connectivity index (χ2v) is 18.0. The lowest BCUT2D eigenvalue weighted by molar-refractivity contribution is 0.627. The van der Waals surface area contributed by atoms with Crippen LogP contribution in [-0.2, 0) is 0 Å². The highest BCUT2D eigenvalue weighted by Crippen LogP contribution is 2.56. The van der Waals surface area contributed by atoms with Crippen molar-refractivity contribution in [3.05, 3.63) is 194 Å². The zero-order chi connectivity index (χ0) is 41.7. The number of halogens is 2. The van der Waals surface area contributed by atoms with Crippen molar-refractivity contribution in [2.45, 2.75) is 0 Å². The third-order valence-corrected chi connectivity index (χ3v) is 15.1. The van der Waals surface area contributed by atoms with Gasteiger partial charge in [-0.1, -0.05) is 146 Å². The Hall–Kier alpha value is -8.20. The monoisotopic (exact) mass is 812 g/mol. The summed E-state index contributed by atoms with van der Waals surface area (Å²) < 4.78 is 29.9. The van der Waals surface area contributed by atoms with Gasteiger partial charge in [0.2, 0.25) is 0 Å². The third kappa shape index (κ3) is 3.91. The van der Waals surface area contributed by atoms with Gasteiger partial charge in [0.25, 0.3) is 0 Å². The van der Waals surface area contributed by atoms with Crippen LogP contribution in [0.1, 0.15) is 0 Å². The van der Waals surface area contributed by atoms with Gasteiger partial charge in [0.05, 0.1) is 0 Å². The highest BCUT2D eigenvalue weighted by Gasteiger charge is 2.27. The Labute approximate surface area is 363 Å². The van der Waals surface area contributed by atoms with E-state index in [2.05, 4.69) is 133 Å². The van der Waals surface area contributed by atoms with Crippen LogP contribution in [0.3, 0.4) is 0 Å². The van der Waals surface area contributed by atoms with E-state index in [4.69, 9.17) is 0 Å². The fourth-order valence-electron chi connectivity index (χ4n) is 12.7. The second-order valence-electron chi connectivity index (χ2n) is 18.0. The molecule has 0 radical (unpaired) electrons. The average Bonchev–Trinajstić information content (AvgIpc) is 3.84. The number of hydrogen-bond acceptors (Lipinski definition) is 0. The van der Waals surface area contributed by atoms with Crippen LogP contribution in [0.5, 0.6) is 0 Å². The molecule has 0 spiro atoms. The Morgan fingerprint density at radius 1 is 0.203 bits per heavy atom. The molecule has 0 fully saturated rings. The summed E-state index contributed by atoms with van der Waals surface area (Å²) in [6, 6.07) is 64.1. The lowest BCUT2D eigenvalue weighted by atomic mass is 9.85. The van der Waals surface area contributed by atoms with Crippen LogP contribution in [0.2, 0.25) is 0 Å². The molecule has 16 rings (SSSR count). The molecule has 2 heteroatoms. The molecule has 0 nitrogen and oxygen atoms in total. The molecule has 0 amide bonds. The summed E-state index contributed by atoms with van der Waals surface area (Å²) in [6.07, 6.45) is 0. The summed E-state index contributed by atoms with van der Waals surface area (Å²) >= 11 is 0. The van der Waals surface area contributed by atoms with Gasteiger partial charge in [0, 0.05) is 0 Å². The van der Waals surface area contributed by atoms with Crippen LogP contribution in [0.15, 0.2) is 182 Å². The van der Waals surface area contributed by atoms with Gasteiger partial charge in [-0.05, 0) is 199 Å². The topological polar surface area (TPSA) is 0 Å². The Balaban J connectivity index is 1.15. The lowest BCUT2D eigenvalue weighted by Gasteiger charge is -2.17. The quantitative estimate of drug-likeness (QED) is 0.120. The minimum atomic E-state index is -0.268. The number of rotatable bonds is 2. The highest BCUT2D eigenvalue weighted by atomic mass is 19.1. The molecule has 0 aliphatic rings. The van der Waals surface area contributed by atoms with Gasteiger partial charge in [-0.2, -0.15) is 0 Å². The molecule has 0 atom stereocenters. The molecule has 0 bridgehead atoms. The summed E-state index contributed by atoms with van der Waals surface area (Å²) in [5, 5.41) is 31.8. The molecular weight excluding hydrogens is 783 g/mol. The van der Waals surface area contributed by atoms with E-state index in [0.29, 0.717) is 0 Å². The summed E-state index contributed by atoms with van der Waals surface area (Å²) in [5.41, 5.74) is 4.07. The molecule has 0 aromatic heterocycles. The van der Waals surface area contributed by atoms with E-state index in [0.717, 1.165) is 54.6 Å². The van der Waals surface area contributed by atoms with Crippen molar-refractivity contribution in [1.82, 2.24) is 0 Å². The molecule has 0 aliphatic carbocycles. The van der Waals surface area contributed by atoms with Crippen molar-refractivity contribution in [2.75, 3.05) is 0 Å². The van der Waals surface area contributed by atoms with Crippen LogP contribution in [0.4, 0.5) is 8.78 Å². The minimum Gasteiger partial charge on any atom is -0.207 e. The molecule has 64 heavy (non-hydrogen) atoms. The zero-order valence-electron chi connectivity index (χ0n) is 34.1. The number of benzene rings is 14. The van der Waals surface area contributed by atoms with E-state index in [1.165, 1.54) is 108 Å². The highest BCUT2D eigenvalue weighted by molar-refractivity contribution is 6.48. The molecule has 0 saturated heterocycles. The van der Waals surface area contributed by atoms with E-state index >= 15 is 0 Å². The first-order valence-corrected chi connectivity index (χ1v) is 22.0. The fourth-order valence-corrected chi connectivity index (χ4v) is 12.7. The van der Waals surface area contributed by atoms with Gasteiger partial charge in [-0.25, -0.2) is 8.78 Å². The summed E-state index contributed by atoms with van der Waals surface area (Å²) in [4.78, 5) is 0. The molecule has 292 valence electrons. The van der Waals surface area contributed by atoms with Gasteiger partial charge in [0.15, 0.2) is 0 Å². The maximum Gasteiger partial charge on any atom is 0.123 e. The van der Waals surface area contributed by atoms with E-state index in [9.17, 15) is 8.78 Å². The van der Waals surface area contributed by atoms with Crippen molar-refractivity contribution in [3.63, 3.8) is 0 Å². The van der Waals surface area contributed by atoms with Crippen LogP contribution in [-0.4, -0.2) is 0 Å². The van der Waals surface area contributed by atoms with Crippen molar-refractivity contribution in [2.24, 2.45) is 0 Å². The standard InChI is InChI=1S/C62H30F2/c63-35-17-13-33(14-18-35)55-51-29-49-45-23-21-41-37-9-1-5-31-6-2-10-38(53(31)37)42-22-24-46(59(45)57(41)42)50(49)30-52(51)56(34-15-19-36(64)20-16-34)62-48-28-26-44-40-12-4-8-32-7-3-11-39(54(32)40)43-25-27-47(61(55)62)60(48)58(43)44/h1-30H. The Kier molecular flexibility index (Phi) is 5.97. The predicted octanol–water partition coefficient (Wildman–Crippen LogP) is 18.0. The van der Waals surface area contributed by atoms with Gasteiger partial charge in [-0.15, -0.1) is 0 Å². The average molecular weight is 813 g/mol. The van der Waals surface area contributed by atoms with Gasteiger partial charge < -0.3 is 0 Å². The predicted molar refractivity (Wildman–Crippen MR) is 270 cm³/mol. The van der Waals surface area contributed by atoms with Crippen molar-refractivity contribution in [1.29, 1.82) is 0 Å². The first-order chi connectivity index (χ1) is 31.6.